The van der Waals surface area contributed by atoms with Crippen molar-refractivity contribution >= 4 is 23.6 Å². The van der Waals surface area contributed by atoms with Crippen LogP contribution in [0, 0.1) is 52.5 Å². The molecule has 12 heterocycles. The topological polar surface area (TPSA) is 209 Å². The van der Waals surface area contributed by atoms with E-state index in [1.165, 1.54) is 12.8 Å². The zero-order valence-corrected chi connectivity index (χ0v) is 67.7. The van der Waals surface area contributed by atoms with Gasteiger partial charge in [-0.15, -0.1) is 0 Å². The van der Waals surface area contributed by atoms with Crippen molar-refractivity contribution in [1.29, 1.82) is 0 Å². The number of nitrogens with zero attached hydrogens (tertiary/aromatic N) is 12. The van der Waals surface area contributed by atoms with Gasteiger partial charge in [0.1, 0.15) is 0 Å². The Bertz CT molecular complexity index is 5230. The lowest BCUT2D eigenvalue weighted by molar-refractivity contribution is -0.142. The number of halogens is 20. The minimum absolute atomic E-state index is 0.220. The van der Waals surface area contributed by atoms with Crippen molar-refractivity contribution < 1.29 is 107 Å². The summed E-state index contributed by atoms with van der Waals surface area (Å²) in [5, 5.41) is 28.5. The molecular weight excluding hydrogens is 1680 g/mol. The summed E-state index contributed by atoms with van der Waals surface area (Å²) in [4.78, 5) is 67.1. The molecule has 0 radical (unpaired) electrons. The number of carbonyl (C=O) groups excluding carboxylic acids is 4. The van der Waals surface area contributed by atoms with Crippen LogP contribution < -0.4 is 0 Å². The molecule has 20 nitrogen and oxygen atoms in total. The number of likely N-dealkylation sites (N-methyl/N-ethyl adjacent to an activating group) is 1. The van der Waals surface area contributed by atoms with Crippen LogP contribution in [0.1, 0.15) is 240 Å². The fraction of sp³-hybridized carbons (Fsp3) is 0.524. The van der Waals surface area contributed by atoms with E-state index in [1.807, 2.05) is 14.0 Å². The number of benzene rings is 4. The van der Waals surface area contributed by atoms with Crippen molar-refractivity contribution in [2.75, 3.05) is 92.1 Å². The van der Waals surface area contributed by atoms with Gasteiger partial charge in [-0.2, -0.15) is 73.1 Å². The van der Waals surface area contributed by atoms with Crippen LogP contribution in [0.25, 0.3) is 0 Å². The van der Waals surface area contributed by atoms with E-state index in [2.05, 4.69) is 67.3 Å². The summed E-state index contributed by atoms with van der Waals surface area (Å²) in [5.74, 6) is -16.3. The van der Waals surface area contributed by atoms with Gasteiger partial charge in [0.05, 0.1) is 33.6 Å². The third kappa shape index (κ3) is 19.2. The van der Waals surface area contributed by atoms with E-state index in [-0.39, 0.29) is 150 Å². The van der Waals surface area contributed by atoms with Gasteiger partial charge < -0.3 is 24.5 Å². The monoisotopic (exact) mass is 1770 g/mol. The van der Waals surface area contributed by atoms with Gasteiger partial charge in [-0.05, 0) is 167 Å². The van der Waals surface area contributed by atoms with Crippen molar-refractivity contribution in [3.63, 3.8) is 0 Å². The molecule has 0 unspecified atom stereocenters. The number of H-pyrrole nitrogens is 4. The summed E-state index contributed by atoms with van der Waals surface area (Å²) in [7, 11) is 1.95. The largest absolute Gasteiger partial charge is 0.419 e. The molecule has 0 atom stereocenters. The first-order chi connectivity index (χ1) is 58.8. The first kappa shape index (κ1) is 90.3. The minimum Gasteiger partial charge on any atom is -0.337 e. The molecule has 0 bridgehead atoms. The van der Waals surface area contributed by atoms with E-state index in [0.29, 0.717) is 55.5 Å². The van der Waals surface area contributed by atoms with Gasteiger partial charge in [-0.3, -0.25) is 54.3 Å². The van der Waals surface area contributed by atoms with E-state index in [4.69, 9.17) is 0 Å². The lowest BCUT2D eigenvalue weighted by Crippen LogP contribution is -2.39. The number of rotatable bonds is 13. The predicted octanol–water partition coefficient (Wildman–Crippen LogP) is 16.7. The lowest BCUT2D eigenvalue weighted by Gasteiger charge is -2.33. The lowest BCUT2D eigenvalue weighted by atomic mass is 9.85. The fourth-order valence-corrected chi connectivity index (χ4v) is 18.4. The Morgan fingerprint density at radius 2 is 0.621 bits per heavy atom. The van der Waals surface area contributed by atoms with Crippen LogP contribution in [0.15, 0.2) is 48.5 Å². The molecule has 9 aliphatic rings. The second-order valence-electron chi connectivity index (χ2n) is 33.1. The maximum atomic E-state index is 14.0. The molecule has 1 saturated carbocycles. The molecule has 1 aliphatic carbocycles. The molecule has 4 amide bonds. The van der Waals surface area contributed by atoms with Gasteiger partial charge >= 0.3 is 24.7 Å². The highest BCUT2D eigenvalue weighted by atomic mass is 19.4. The first-order valence-corrected chi connectivity index (χ1v) is 41.3. The molecule has 17 rings (SSSR count). The number of piperidine rings is 4. The smallest absolute Gasteiger partial charge is 0.337 e. The fourth-order valence-electron chi connectivity index (χ4n) is 18.4. The van der Waals surface area contributed by atoms with E-state index < -0.39 is 117 Å². The van der Waals surface area contributed by atoms with E-state index in [9.17, 15) is 107 Å². The Labute approximate surface area is 698 Å². The van der Waals surface area contributed by atoms with E-state index in [0.717, 1.165) is 158 Å². The number of aromatic amines is 4. The Morgan fingerprint density at radius 1 is 0.347 bits per heavy atom. The molecule has 670 valence electrons. The van der Waals surface area contributed by atoms with Crippen LogP contribution in [-0.2, 0) is 76.8 Å². The molecule has 4 saturated heterocycles. The van der Waals surface area contributed by atoms with Crippen molar-refractivity contribution in [1.82, 2.24) is 80.0 Å². The molecule has 5 fully saturated rings. The molecule has 8 aromatic rings. The van der Waals surface area contributed by atoms with Crippen molar-refractivity contribution in [2.45, 2.75) is 185 Å². The Hall–Kier alpha value is -9.96. The number of likely N-dealkylation sites (tertiary alicyclic amines) is 4. The Kier molecular flexibility index (Phi) is 26.6. The second-order valence-corrected chi connectivity index (χ2v) is 33.1. The van der Waals surface area contributed by atoms with E-state index in [1.54, 1.807) is 19.6 Å². The van der Waals surface area contributed by atoms with Crippen LogP contribution in [0.2, 0.25) is 0 Å². The molecule has 40 heteroatoms. The van der Waals surface area contributed by atoms with Crippen LogP contribution >= 0.6 is 0 Å². The highest BCUT2D eigenvalue weighted by Crippen LogP contribution is 2.47. The average Bonchev–Trinajstić information content (AvgIpc) is 0.978. The van der Waals surface area contributed by atoms with Crippen LogP contribution in [0.5, 0.6) is 0 Å². The summed E-state index contributed by atoms with van der Waals surface area (Å²) < 4.78 is 270. The quantitative estimate of drug-likeness (QED) is 0.0795. The van der Waals surface area contributed by atoms with Gasteiger partial charge in [-0.1, -0.05) is 38.1 Å². The zero-order chi connectivity index (χ0) is 88.9. The van der Waals surface area contributed by atoms with E-state index >= 15 is 0 Å². The van der Waals surface area contributed by atoms with Gasteiger partial charge in [0.2, 0.25) is 0 Å². The number of aromatic nitrogens is 8. The number of nitrogens with one attached hydrogen (secondary N) is 4. The van der Waals surface area contributed by atoms with Crippen LogP contribution in [0.4, 0.5) is 87.8 Å². The summed E-state index contributed by atoms with van der Waals surface area (Å²) in [6.45, 7) is 14.4. The average molecular weight is 1770 g/mol. The normalized spacial score (nSPS) is 18.7. The predicted molar refractivity (Wildman–Crippen MR) is 407 cm³/mol. The number of fused-ring (bicyclic) bond motifs is 4. The Balaban J connectivity index is 0.000000135. The highest BCUT2D eigenvalue weighted by Gasteiger charge is 2.47. The Morgan fingerprint density at radius 3 is 0.919 bits per heavy atom. The van der Waals surface area contributed by atoms with Crippen LogP contribution in [0.3, 0.4) is 0 Å². The highest BCUT2D eigenvalue weighted by molar-refractivity contribution is 5.96. The molecule has 124 heavy (non-hydrogen) atoms. The van der Waals surface area contributed by atoms with Gasteiger partial charge in [0, 0.05) is 158 Å². The molecular formula is C84H90F20N16O4. The summed E-state index contributed by atoms with van der Waals surface area (Å²) in [5.41, 5.74) is 1.49. The minimum atomic E-state index is -4.99. The molecule has 4 aromatic carbocycles. The van der Waals surface area contributed by atoms with Crippen LogP contribution in [-0.4, -0.2) is 196 Å². The van der Waals surface area contributed by atoms with Crippen molar-refractivity contribution in [2.24, 2.45) is 5.92 Å². The van der Waals surface area contributed by atoms with Crippen molar-refractivity contribution in [3.05, 3.63) is 207 Å². The summed E-state index contributed by atoms with van der Waals surface area (Å²) in [6, 6.07) is 6.95. The van der Waals surface area contributed by atoms with Crippen molar-refractivity contribution in [3.8, 4) is 0 Å². The number of hydrogen-bond acceptors (Lipinski definition) is 12. The summed E-state index contributed by atoms with van der Waals surface area (Å²) >= 11 is 0. The number of hydrogen-bond donors (Lipinski definition) is 4. The molecule has 4 aromatic heterocycles. The molecule has 4 N–H and O–H groups in total. The second kappa shape index (κ2) is 36.5. The first-order valence-electron chi connectivity index (χ1n) is 41.3. The number of carbonyl (C=O) groups is 4. The zero-order valence-electron chi connectivity index (χ0n) is 67.7. The van der Waals surface area contributed by atoms with Gasteiger partial charge in [-0.25, -0.2) is 35.1 Å². The molecule has 8 aliphatic heterocycles. The number of alkyl halides is 12. The third-order valence-electron chi connectivity index (χ3n) is 25.1. The maximum absolute atomic E-state index is 14.0. The third-order valence-corrected chi connectivity index (χ3v) is 25.1. The SMILES string of the molecule is CCCN1CCc2[nH]nc(C(=O)N3CCC(c4ccc(F)c(F)c4C(F)(F)F)CC3)c2C1.CCN1Cc2[nH]nc(C(=O)N3CCC(c4ccc(F)c(F)c4C(F)(F)F)CC3)c2C1.CN1CCc2[nH]nc(C(=O)N3CCC(c4ccc(F)c(F)c4C(F)(F)F)CC3)c2C1.O=C(c1n[nH]c2c1CN(CC1CC1)C2)N1CCC(c2ccc(F)c(F)c2C(F)(F)F)CC1. The molecule has 0 spiro atoms. The maximum Gasteiger partial charge on any atom is 0.419 e. The van der Waals surface area contributed by atoms with Gasteiger partial charge in [0.25, 0.3) is 23.6 Å². The number of amides is 4. The van der Waals surface area contributed by atoms with Gasteiger partial charge in [0.15, 0.2) is 69.3 Å². The summed E-state index contributed by atoms with van der Waals surface area (Å²) in [6.07, 6.45) is -13.1. The standard InChI is InChI=1S/C22H23F5N4O.C22H25F5N4O.2C20H21F5N4O/c23-16-4-3-14(18(19(16)24)22(25,26)27)13-5-7-31(8-6-13)21(32)20-15-10-30(9-12-1-2-12)11-17(15)28-29-20;1-2-8-30-9-7-17-15(12-30)20(29-28-17)21(32)31-10-5-13(6-11-31)14-3-4-16(23)19(24)18(14)22(25,26)27;1-28-7-6-15-13(10-28)18(27-26-15)19(30)29-8-4-11(5-9-29)12-2-3-14(21)17(22)16(12)20(23,24)25;1-2-28-9-13-15(10-28)26-27-18(13)19(30)29-7-5-11(6-8-29)12-3-4-14(21)17(22)16(12)20(23,24)25/h3-4,12-13H,1-2,5-11H2,(H,28,29);3-4,13H,2,5-12H2,1H3,(H,28,29);2-3,11H,4-10H2,1H3,(H,26,27);3-4,11H,2,5-10H2,1H3,(H,26,27).